The van der Waals surface area contributed by atoms with Crippen LogP contribution in [-0.4, -0.2) is 58.1 Å². The summed E-state index contributed by atoms with van der Waals surface area (Å²) in [4.78, 5) is 2.03. The van der Waals surface area contributed by atoms with Crippen LogP contribution in [0.1, 0.15) is 13.8 Å². The lowest BCUT2D eigenvalue weighted by Gasteiger charge is -2.28. The van der Waals surface area contributed by atoms with E-state index in [9.17, 15) is 8.42 Å². The Labute approximate surface area is 87.6 Å². The van der Waals surface area contributed by atoms with E-state index in [2.05, 4.69) is 5.32 Å². The van der Waals surface area contributed by atoms with Crippen molar-refractivity contribution in [2.45, 2.75) is 18.6 Å². The van der Waals surface area contributed by atoms with Gasteiger partial charge in [0, 0.05) is 25.9 Å². The number of nitrogens with one attached hydrogen (secondary N) is 1. The van der Waals surface area contributed by atoms with Crippen LogP contribution in [0.4, 0.5) is 0 Å². The van der Waals surface area contributed by atoms with Crippen molar-refractivity contribution in [2.24, 2.45) is 0 Å². The maximum absolute atomic E-state index is 11.4. The van der Waals surface area contributed by atoms with Gasteiger partial charge in [0.15, 0.2) is 9.84 Å². The molecule has 0 atom stereocenters. The van der Waals surface area contributed by atoms with Crippen LogP contribution in [0.3, 0.4) is 0 Å². The quantitative estimate of drug-likeness (QED) is 0.685. The normalized spacial score (nSPS) is 13.6. The molecule has 0 rings (SSSR count). The van der Waals surface area contributed by atoms with Crippen LogP contribution in [0.5, 0.6) is 0 Å². The molecule has 0 aromatic carbocycles. The molecule has 0 aliphatic carbocycles. The van der Waals surface area contributed by atoms with Crippen LogP contribution in [0.15, 0.2) is 0 Å². The highest BCUT2D eigenvalue weighted by Gasteiger charge is 2.31. The van der Waals surface area contributed by atoms with Crippen LogP contribution < -0.4 is 5.32 Å². The SMILES string of the molecule is CNCCN(C)CC(C)(C)S(C)(=O)=O. The highest BCUT2D eigenvalue weighted by atomic mass is 32.2. The fourth-order valence-corrected chi connectivity index (χ4v) is 1.60. The topological polar surface area (TPSA) is 49.4 Å². The molecule has 0 bridgehead atoms. The summed E-state index contributed by atoms with van der Waals surface area (Å²) in [5, 5.41) is 3.03. The Morgan fingerprint density at radius 2 is 1.86 bits per heavy atom. The number of sulfone groups is 1. The first-order chi connectivity index (χ1) is 6.20. The van der Waals surface area contributed by atoms with Crippen LogP contribution in [0.2, 0.25) is 0 Å². The minimum absolute atomic E-state index is 0.563. The average molecular weight is 222 g/mol. The van der Waals surface area contributed by atoms with Crippen molar-refractivity contribution < 1.29 is 8.42 Å². The smallest absolute Gasteiger partial charge is 0.153 e. The first-order valence-corrected chi connectivity index (χ1v) is 6.62. The molecule has 0 spiro atoms. The number of rotatable bonds is 6. The molecule has 0 saturated heterocycles. The summed E-state index contributed by atoms with van der Waals surface area (Å²) >= 11 is 0. The summed E-state index contributed by atoms with van der Waals surface area (Å²) in [6.45, 7) is 5.82. The molecule has 1 N–H and O–H groups in total. The molecule has 0 aromatic heterocycles. The molecule has 0 aliphatic heterocycles. The highest BCUT2D eigenvalue weighted by Crippen LogP contribution is 2.15. The third kappa shape index (κ3) is 4.39. The Bertz CT molecular complexity index is 260. The molecule has 0 aliphatic rings. The van der Waals surface area contributed by atoms with Crippen LogP contribution >= 0.6 is 0 Å². The zero-order chi connectivity index (χ0) is 11.4. The van der Waals surface area contributed by atoms with E-state index in [0.717, 1.165) is 13.1 Å². The minimum Gasteiger partial charge on any atom is -0.318 e. The summed E-state index contributed by atoms with van der Waals surface area (Å²) in [5.74, 6) is 0. The van der Waals surface area contributed by atoms with Crippen LogP contribution in [0.25, 0.3) is 0 Å². The van der Waals surface area contributed by atoms with Gasteiger partial charge in [0.1, 0.15) is 0 Å². The van der Waals surface area contributed by atoms with Gasteiger partial charge >= 0.3 is 0 Å². The van der Waals surface area contributed by atoms with E-state index < -0.39 is 14.6 Å². The van der Waals surface area contributed by atoms with E-state index in [1.165, 1.54) is 6.26 Å². The first kappa shape index (κ1) is 13.9. The molecular formula is C9H22N2O2S. The fraction of sp³-hybridized carbons (Fsp3) is 1.00. The van der Waals surface area contributed by atoms with Gasteiger partial charge in [0.05, 0.1) is 4.75 Å². The van der Waals surface area contributed by atoms with Gasteiger partial charge in [-0.25, -0.2) is 8.42 Å². The Hall–Kier alpha value is -0.130. The largest absolute Gasteiger partial charge is 0.318 e. The predicted molar refractivity (Wildman–Crippen MR) is 60.3 cm³/mol. The monoisotopic (exact) mass is 222 g/mol. The highest BCUT2D eigenvalue weighted by molar-refractivity contribution is 7.92. The van der Waals surface area contributed by atoms with Crippen LogP contribution in [0, 0.1) is 0 Å². The molecule has 4 nitrogen and oxygen atoms in total. The van der Waals surface area contributed by atoms with Gasteiger partial charge in [-0.3, -0.25) is 0 Å². The van der Waals surface area contributed by atoms with Gasteiger partial charge < -0.3 is 10.2 Å². The van der Waals surface area contributed by atoms with E-state index in [-0.39, 0.29) is 0 Å². The van der Waals surface area contributed by atoms with Crippen molar-refractivity contribution in [1.29, 1.82) is 0 Å². The van der Waals surface area contributed by atoms with E-state index in [4.69, 9.17) is 0 Å². The van der Waals surface area contributed by atoms with Gasteiger partial charge in [-0.1, -0.05) is 0 Å². The molecular weight excluding hydrogens is 200 g/mol. The Morgan fingerprint density at radius 1 is 1.36 bits per heavy atom. The standard InChI is InChI=1S/C9H22N2O2S/c1-9(2,14(5,12)13)8-11(4)7-6-10-3/h10H,6-8H2,1-5H3. The zero-order valence-corrected chi connectivity index (χ0v) is 10.6. The molecule has 0 aromatic rings. The zero-order valence-electron chi connectivity index (χ0n) is 9.79. The van der Waals surface area contributed by atoms with E-state index in [0.29, 0.717) is 6.54 Å². The number of hydrogen-bond acceptors (Lipinski definition) is 4. The molecule has 14 heavy (non-hydrogen) atoms. The molecule has 0 radical (unpaired) electrons. The second kappa shape index (κ2) is 5.09. The second-order valence-electron chi connectivity index (χ2n) is 4.37. The lowest BCUT2D eigenvalue weighted by Crippen LogP contribution is -2.44. The van der Waals surface area contributed by atoms with Gasteiger partial charge in [0.25, 0.3) is 0 Å². The lowest BCUT2D eigenvalue weighted by molar-refractivity contribution is 0.305. The summed E-state index contributed by atoms with van der Waals surface area (Å²) in [7, 11) is 0.835. The molecule has 5 heteroatoms. The van der Waals surface area contributed by atoms with Crippen molar-refractivity contribution in [2.75, 3.05) is 40.0 Å². The molecule has 0 unspecified atom stereocenters. The Balaban J connectivity index is 4.23. The summed E-state index contributed by atoms with van der Waals surface area (Å²) in [5.41, 5.74) is 0. The maximum atomic E-state index is 11.4. The molecule has 86 valence electrons. The third-order valence-electron chi connectivity index (χ3n) is 2.40. The van der Waals surface area contributed by atoms with Crippen molar-refractivity contribution in [3.63, 3.8) is 0 Å². The van der Waals surface area contributed by atoms with Crippen molar-refractivity contribution in [3.8, 4) is 0 Å². The Morgan fingerprint density at radius 3 is 2.21 bits per heavy atom. The third-order valence-corrected chi connectivity index (χ3v) is 4.53. The molecule has 0 amide bonds. The van der Waals surface area contributed by atoms with Crippen molar-refractivity contribution in [3.05, 3.63) is 0 Å². The average Bonchev–Trinajstić information content (AvgIpc) is 1.97. The summed E-state index contributed by atoms with van der Waals surface area (Å²) < 4.78 is 22.2. The number of nitrogens with zero attached hydrogens (tertiary/aromatic N) is 1. The molecule has 0 heterocycles. The minimum atomic E-state index is -2.98. The summed E-state index contributed by atoms with van der Waals surface area (Å²) in [6, 6.07) is 0. The second-order valence-corrected chi connectivity index (χ2v) is 7.02. The maximum Gasteiger partial charge on any atom is 0.153 e. The number of likely N-dealkylation sites (N-methyl/N-ethyl adjacent to an activating group) is 2. The fourth-order valence-electron chi connectivity index (χ4n) is 1.15. The van der Waals surface area contributed by atoms with Crippen LogP contribution in [-0.2, 0) is 9.84 Å². The lowest BCUT2D eigenvalue weighted by atomic mass is 10.2. The van der Waals surface area contributed by atoms with E-state index in [1.807, 2.05) is 19.0 Å². The Kier molecular flexibility index (Phi) is 5.05. The van der Waals surface area contributed by atoms with Gasteiger partial charge in [-0.05, 0) is 27.9 Å². The van der Waals surface area contributed by atoms with E-state index in [1.54, 1.807) is 13.8 Å². The first-order valence-electron chi connectivity index (χ1n) is 4.73. The predicted octanol–water partition coefficient (Wildman–Crippen LogP) is -0.0392. The van der Waals surface area contributed by atoms with Crippen molar-refractivity contribution in [1.82, 2.24) is 10.2 Å². The molecule has 0 fully saturated rings. The van der Waals surface area contributed by atoms with Gasteiger partial charge in [-0.15, -0.1) is 0 Å². The van der Waals surface area contributed by atoms with Gasteiger partial charge in [0.2, 0.25) is 0 Å². The molecule has 0 saturated carbocycles. The number of hydrogen-bond donors (Lipinski definition) is 1. The van der Waals surface area contributed by atoms with Crippen molar-refractivity contribution >= 4 is 9.84 Å². The summed E-state index contributed by atoms with van der Waals surface area (Å²) in [6.07, 6.45) is 1.29. The van der Waals surface area contributed by atoms with E-state index >= 15 is 0 Å². The van der Waals surface area contributed by atoms with Gasteiger partial charge in [-0.2, -0.15) is 0 Å².